The Labute approximate surface area is 132 Å². The minimum absolute atomic E-state index is 0.0220. The number of rotatable bonds is 3. The lowest BCUT2D eigenvalue weighted by Crippen LogP contribution is -2.54. The van der Waals surface area contributed by atoms with Crippen molar-refractivity contribution >= 4 is 11.9 Å². The molecule has 0 radical (unpaired) electrons. The van der Waals surface area contributed by atoms with Crippen LogP contribution in [0.5, 0.6) is 0 Å². The Balaban J connectivity index is 1.71. The molecule has 124 valence electrons. The van der Waals surface area contributed by atoms with Gasteiger partial charge in [0.05, 0.1) is 19.4 Å². The molecule has 2 atom stereocenters. The minimum Gasteiger partial charge on any atom is -0.376 e. The molecule has 0 bridgehead atoms. The number of nitrogens with one attached hydrogen (secondary N) is 1. The first-order chi connectivity index (χ1) is 10.6. The fourth-order valence-electron chi connectivity index (χ4n) is 3.94. The summed E-state index contributed by atoms with van der Waals surface area (Å²) in [5.74, 6) is -0.0220. The number of carbonyl (C=O) groups is 2. The summed E-state index contributed by atoms with van der Waals surface area (Å²) in [4.78, 5) is 28.8. The summed E-state index contributed by atoms with van der Waals surface area (Å²) in [5.41, 5.74) is -0.616. The van der Waals surface area contributed by atoms with Gasteiger partial charge in [0.25, 0.3) is 5.91 Å². The molecule has 3 fully saturated rings. The molecule has 0 aromatic heterocycles. The molecule has 1 spiro atoms. The van der Waals surface area contributed by atoms with Gasteiger partial charge in [0.2, 0.25) is 0 Å². The fraction of sp³-hybridized carbons (Fsp3) is 0.875. The van der Waals surface area contributed by atoms with Gasteiger partial charge in [-0.15, -0.1) is 0 Å². The van der Waals surface area contributed by atoms with Crippen molar-refractivity contribution in [2.75, 3.05) is 19.8 Å². The van der Waals surface area contributed by atoms with Crippen molar-refractivity contribution in [3.63, 3.8) is 0 Å². The van der Waals surface area contributed by atoms with Crippen LogP contribution in [0.25, 0.3) is 0 Å². The zero-order chi connectivity index (χ0) is 15.7. The highest BCUT2D eigenvalue weighted by molar-refractivity contribution is 6.07. The Hall–Kier alpha value is -1.14. The second-order valence-electron chi connectivity index (χ2n) is 6.92. The Kier molecular flexibility index (Phi) is 4.41. The molecule has 1 N–H and O–H groups in total. The van der Waals surface area contributed by atoms with E-state index in [1.54, 1.807) is 0 Å². The predicted molar refractivity (Wildman–Crippen MR) is 82.3 cm³/mol. The third-order valence-corrected chi connectivity index (χ3v) is 5.33. The Bertz CT molecular complexity index is 448. The van der Waals surface area contributed by atoms with Gasteiger partial charge in [0.15, 0.2) is 0 Å². The second-order valence-corrected chi connectivity index (χ2v) is 6.92. The molecule has 2 unspecified atom stereocenters. The number of amides is 3. The molecule has 2 heterocycles. The average molecular weight is 309 g/mol. The first-order valence-electron chi connectivity index (χ1n) is 8.55. The van der Waals surface area contributed by atoms with Crippen LogP contribution in [-0.2, 0) is 9.53 Å². The molecule has 1 saturated carbocycles. The van der Waals surface area contributed by atoms with Crippen LogP contribution in [0.1, 0.15) is 52.4 Å². The zero-order valence-electron chi connectivity index (χ0n) is 13.6. The largest absolute Gasteiger partial charge is 0.376 e. The van der Waals surface area contributed by atoms with Crippen molar-refractivity contribution in [1.29, 1.82) is 0 Å². The van der Waals surface area contributed by atoms with Gasteiger partial charge < -0.3 is 10.1 Å². The van der Waals surface area contributed by atoms with Gasteiger partial charge in [-0.25, -0.2) is 9.69 Å². The monoisotopic (exact) mass is 309 g/mol. The van der Waals surface area contributed by atoms with Crippen LogP contribution in [0.3, 0.4) is 0 Å². The van der Waals surface area contributed by atoms with E-state index in [4.69, 9.17) is 4.74 Å². The third-order valence-electron chi connectivity index (χ3n) is 5.33. The summed E-state index contributed by atoms with van der Waals surface area (Å²) >= 11 is 0. The fourth-order valence-corrected chi connectivity index (χ4v) is 3.94. The van der Waals surface area contributed by atoms with Crippen LogP contribution in [-0.4, -0.2) is 59.2 Å². The van der Waals surface area contributed by atoms with Crippen LogP contribution in [0, 0.1) is 0 Å². The number of hydrogen-bond donors (Lipinski definition) is 1. The van der Waals surface area contributed by atoms with Crippen molar-refractivity contribution in [2.45, 2.75) is 70.1 Å². The van der Waals surface area contributed by atoms with E-state index in [0.29, 0.717) is 13.3 Å². The second kappa shape index (κ2) is 6.16. The molecular weight excluding hydrogens is 282 g/mol. The SMILES string of the molecule is CCC1COC(C)CN1CN1C(=O)NC2(CCCCC2)C1=O. The molecule has 22 heavy (non-hydrogen) atoms. The number of urea groups is 1. The van der Waals surface area contributed by atoms with E-state index >= 15 is 0 Å². The van der Waals surface area contributed by atoms with E-state index in [2.05, 4.69) is 17.1 Å². The van der Waals surface area contributed by atoms with Crippen molar-refractivity contribution in [2.24, 2.45) is 0 Å². The Morgan fingerprint density at radius 2 is 2.00 bits per heavy atom. The molecule has 3 aliphatic rings. The number of nitrogens with zero attached hydrogens (tertiary/aromatic N) is 2. The summed E-state index contributed by atoms with van der Waals surface area (Å²) in [7, 11) is 0. The average Bonchev–Trinajstić information content (AvgIpc) is 2.73. The van der Waals surface area contributed by atoms with Gasteiger partial charge in [0.1, 0.15) is 5.54 Å². The normalized spacial score (nSPS) is 32.5. The first-order valence-corrected chi connectivity index (χ1v) is 8.55. The lowest BCUT2D eigenvalue weighted by Gasteiger charge is -2.39. The zero-order valence-corrected chi connectivity index (χ0v) is 13.6. The van der Waals surface area contributed by atoms with Crippen molar-refractivity contribution in [3.05, 3.63) is 0 Å². The lowest BCUT2D eigenvalue weighted by atomic mass is 9.82. The minimum atomic E-state index is -0.616. The Morgan fingerprint density at radius 3 is 2.68 bits per heavy atom. The number of morpholine rings is 1. The first kappa shape index (κ1) is 15.7. The molecule has 1 aliphatic carbocycles. The lowest BCUT2D eigenvalue weighted by molar-refractivity contribution is -0.136. The standard InChI is InChI=1S/C16H27N3O3/c1-3-13-10-22-12(2)9-18(13)11-19-14(20)16(17-15(19)21)7-5-4-6-8-16/h12-13H,3-11H2,1-2H3,(H,17,21). The molecule has 6 heteroatoms. The quantitative estimate of drug-likeness (QED) is 0.806. The van der Waals surface area contributed by atoms with E-state index in [1.807, 2.05) is 6.92 Å². The maximum absolute atomic E-state index is 12.8. The maximum atomic E-state index is 12.8. The van der Waals surface area contributed by atoms with Crippen LogP contribution < -0.4 is 5.32 Å². The summed E-state index contributed by atoms with van der Waals surface area (Å²) in [5, 5.41) is 2.98. The van der Waals surface area contributed by atoms with E-state index in [0.717, 1.165) is 45.1 Å². The van der Waals surface area contributed by atoms with Gasteiger partial charge in [-0.2, -0.15) is 0 Å². The topological polar surface area (TPSA) is 61.9 Å². The summed E-state index contributed by atoms with van der Waals surface area (Å²) in [6.07, 6.45) is 5.87. The highest BCUT2D eigenvalue weighted by Crippen LogP contribution is 2.34. The van der Waals surface area contributed by atoms with Gasteiger partial charge in [-0.05, 0) is 26.2 Å². The Morgan fingerprint density at radius 1 is 1.27 bits per heavy atom. The summed E-state index contributed by atoms with van der Waals surface area (Å²) in [6, 6.07) is 0.0561. The van der Waals surface area contributed by atoms with Gasteiger partial charge in [-0.3, -0.25) is 9.69 Å². The van der Waals surface area contributed by atoms with Crippen molar-refractivity contribution < 1.29 is 14.3 Å². The van der Waals surface area contributed by atoms with Crippen LogP contribution in [0.15, 0.2) is 0 Å². The number of hydrogen-bond acceptors (Lipinski definition) is 4. The highest BCUT2D eigenvalue weighted by atomic mass is 16.5. The molecule has 2 saturated heterocycles. The molecule has 0 aromatic carbocycles. The van der Waals surface area contributed by atoms with Gasteiger partial charge >= 0.3 is 6.03 Å². The molecule has 3 rings (SSSR count). The summed E-state index contributed by atoms with van der Waals surface area (Å²) in [6.45, 7) is 5.98. The maximum Gasteiger partial charge on any atom is 0.326 e. The van der Waals surface area contributed by atoms with E-state index in [-0.39, 0.29) is 24.1 Å². The van der Waals surface area contributed by atoms with Crippen LogP contribution in [0.2, 0.25) is 0 Å². The predicted octanol–water partition coefficient (Wildman–Crippen LogP) is 1.70. The molecule has 6 nitrogen and oxygen atoms in total. The number of imide groups is 1. The van der Waals surface area contributed by atoms with E-state index in [1.165, 1.54) is 4.90 Å². The third kappa shape index (κ3) is 2.74. The summed E-state index contributed by atoms with van der Waals surface area (Å²) < 4.78 is 5.69. The number of ether oxygens (including phenoxy) is 1. The van der Waals surface area contributed by atoms with Crippen molar-refractivity contribution in [3.8, 4) is 0 Å². The van der Waals surface area contributed by atoms with Crippen LogP contribution >= 0.6 is 0 Å². The van der Waals surface area contributed by atoms with E-state index in [9.17, 15) is 9.59 Å². The molecular formula is C16H27N3O3. The number of carbonyl (C=O) groups excluding carboxylic acids is 2. The smallest absolute Gasteiger partial charge is 0.326 e. The molecule has 3 amide bonds. The molecule has 0 aromatic rings. The van der Waals surface area contributed by atoms with Crippen molar-refractivity contribution in [1.82, 2.24) is 15.1 Å². The van der Waals surface area contributed by atoms with Gasteiger partial charge in [0, 0.05) is 12.6 Å². The highest BCUT2D eigenvalue weighted by Gasteiger charge is 2.51. The van der Waals surface area contributed by atoms with Gasteiger partial charge in [-0.1, -0.05) is 26.2 Å². The van der Waals surface area contributed by atoms with E-state index < -0.39 is 5.54 Å². The van der Waals surface area contributed by atoms with Crippen LogP contribution in [0.4, 0.5) is 4.79 Å². The molecule has 2 aliphatic heterocycles.